The van der Waals surface area contributed by atoms with Crippen LogP contribution in [0.5, 0.6) is 5.75 Å². The highest BCUT2D eigenvalue weighted by atomic mass is 16.5. The van der Waals surface area contributed by atoms with Gasteiger partial charge >= 0.3 is 5.97 Å². The molecule has 2 atom stereocenters. The van der Waals surface area contributed by atoms with Gasteiger partial charge in [0.05, 0.1) is 19.7 Å². The Morgan fingerprint density at radius 3 is 2.80 bits per heavy atom. The molecule has 1 aromatic carbocycles. The summed E-state index contributed by atoms with van der Waals surface area (Å²) in [6.45, 7) is -0.164. The summed E-state index contributed by atoms with van der Waals surface area (Å²) in [6, 6.07) is 5.82. The number of esters is 1. The van der Waals surface area contributed by atoms with E-state index in [0.29, 0.717) is 12.8 Å². The number of nitrogens with two attached hydrogens (primary N) is 1. The van der Waals surface area contributed by atoms with E-state index in [1.165, 1.54) is 12.0 Å². The van der Waals surface area contributed by atoms with Crippen molar-refractivity contribution >= 4 is 11.9 Å². The average Bonchev–Trinajstić information content (AvgIpc) is 2.90. The number of hydrogen-bond acceptors (Lipinski definition) is 5. The lowest BCUT2D eigenvalue weighted by Gasteiger charge is -2.29. The number of phenols is 1. The number of ether oxygens (including phenoxy) is 1. The summed E-state index contributed by atoms with van der Waals surface area (Å²) >= 11 is 0. The lowest BCUT2D eigenvalue weighted by molar-refractivity contribution is -0.151. The first kappa shape index (κ1) is 14.3. The summed E-state index contributed by atoms with van der Waals surface area (Å²) < 4.78 is 4.74. The number of hydrogen-bond donors (Lipinski definition) is 2. The number of carbonyl (C=O) groups is 2. The second-order valence-electron chi connectivity index (χ2n) is 4.73. The van der Waals surface area contributed by atoms with E-state index in [4.69, 9.17) is 10.5 Å². The molecule has 2 rings (SSSR count). The van der Waals surface area contributed by atoms with Crippen molar-refractivity contribution in [2.24, 2.45) is 5.73 Å². The molecule has 3 N–H and O–H groups in total. The van der Waals surface area contributed by atoms with Gasteiger partial charge in [-0.2, -0.15) is 0 Å². The van der Waals surface area contributed by atoms with Crippen LogP contribution in [0.15, 0.2) is 24.3 Å². The van der Waals surface area contributed by atoms with E-state index in [1.807, 2.05) is 6.07 Å². The number of nitrogens with zero attached hydrogens (tertiary/aromatic N) is 1. The van der Waals surface area contributed by atoms with E-state index in [0.717, 1.165) is 5.56 Å². The third-order valence-electron chi connectivity index (χ3n) is 3.58. The summed E-state index contributed by atoms with van der Waals surface area (Å²) in [6.07, 6.45) is 1.16. The molecule has 0 saturated carbocycles. The van der Waals surface area contributed by atoms with Crippen molar-refractivity contribution in [3.63, 3.8) is 0 Å². The standard InChI is InChI=1S/C14H18N2O4/c1-20-14(19)12-6-5-11(16(12)13(18)8-15)9-3-2-4-10(17)7-9/h2-4,7,11-12,17H,5-6,8,15H2,1H3/t11-,12+/m1/s1. The van der Waals surface area contributed by atoms with Gasteiger partial charge in [0.1, 0.15) is 11.8 Å². The first-order valence-electron chi connectivity index (χ1n) is 6.46. The Kier molecular flexibility index (Phi) is 4.24. The quantitative estimate of drug-likeness (QED) is 0.788. The molecule has 1 aliphatic heterocycles. The van der Waals surface area contributed by atoms with Gasteiger partial charge in [-0.05, 0) is 30.5 Å². The number of carbonyl (C=O) groups excluding carboxylic acids is 2. The molecule has 6 heteroatoms. The zero-order valence-electron chi connectivity index (χ0n) is 11.3. The van der Waals surface area contributed by atoms with Crippen LogP contribution in [0.3, 0.4) is 0 Å². The van der Waals surface area contributed by atoms with Gasteiger partial charge in [-0.15, -0.1) is 0 Å². The van der Waals surface area contributed by atoms with Gasteiger partial charge in [0.25, 0.3) is 0 Å². The van der Waals surface area contributed by atoms with Crippen molar-refractivity contribution in [3.8, 4) is 5.75 Å². The summed E-state index contributed by atoms with van der Waals surface area (Å²) in [5, 5.41) is 9.56. The topological polar surface area (TPSA) is 92.9 Å². The van der Waals surface area contributed by atoms with Crippen LogP contribution in [-0.4, -0.2) is 41.6 Å². The van der Waals surface area contributed by atoms with Gasteiger partial charge in [0, 0.05) is 0 Å². The Hall–Kier alpha value is -2.08. The lowest BCUT2D eigenvalue weighted by atomic mass is 10.0. The molecule has 1 aliphatic rings. The molecule has 0 aliphatic carbocycles. The van der Waals surface area contributed by atoms with Crippen LogP contribution in [0.4, 0.5) is 0 Å². The second-order valence-corrected chi connectivity index (χ2v) is 4.73. The second kappa shape index (κ2) is 5.92. The Morgan fingerprint density at radius 1 is 1.45 bits per heavy atom. The first-order valence-corrected chi connectivity index (χ1v) is 6.46. The van der Waals surface area contributed by atoms with E-state index in [1.54, 1.807) is 18.2 Å². The zero-order valence-corrected chi connectivity index (χ0v) is 11.3. The molecule has 108 valence electrons. The van der Waals surface area contributed by atoms with Crippen molar-refractivity contribution in [2.45, 2.75) is 24.9 Å². The Morgan fingerprint density at radius 2 is 2.20 bits per heavy atom. The van der Waals surface area contributed by atoms with Crippen molar-refractivity contribution in [3.05, 3.63) is 29.8 Å². The predicted octanol–water partition coefficient (Wildman–Crippen LogP) is 0.556. The van der Waals surface area contributed by atoms with E-state index < -0.39 is 12.0 Å². The fourth-order valence-corrected chi connectivity index (χ4v) is 2.69. The summed E-state index contributed by atoms with van der Waals surface area (Å²) in [7, 11) is 1.30. The molecule has 0 bridgehead atoms. The van der Waals surface area contributed by atoms with Crippen molar-refractivity contribution in [2.75, 3.05) is 13.7 Å². The number of phenolic OH excluding ortho intramolecular Hbond substituents is 1. The van der Waals surface area contributed by atoms with Crippen LogP contribution in [0.25, 0.3) is 0 Å². The molecule has 0 radical (unpaired) electrons. The van der Waals surface area contributed by atoms with E-state index in [9.17, 15) is 14.7 Å². The highest BCUT2D eigenvalue weighted by molar-refractivity contribution is 5.86. The molecular weight excluding hydrogens is 260 g/mol. The SMILES string of the molecule is COC(=O)[C@@H]1CC[C@H](c2cccc(O)c2)N1C(=O)CN. The van der Waals surface area contributed by atoms with Crippen molar-refractivity contribution < 1.29 is 19.4 Å². The van der Waals surface area contributed by atoms with Crippen LogP contribution in [-0.2, 0) is 14.3 Å². The van der Waals surface area contributed by atoms with Crippen molar-refractivity contribution in [1.82, 2.24) is 4.90 Å². The fraction of sp³-hybridized carbons (Fsp3) is 0.429. The molecule has 0 aromatic heterocycles. The maximum absolute atomic E-state index is 12.0. The van der Waals surface area contributed by atoms with Crippen LogP contribution in [0, 0.1) is 0 Å². The van der Waals surface area contributed by atoms with E-state index in [-0.39, 0.29) is 24.2 Å². The molecule has 1 heterocycles. The zero-order chi connectivity index (χ0) is 14.7. The molecule has 1 aromatic rings. The van der Waals surface area contributed by atoms with Gasteiger partial charge in [-0.3, -0.25) is 4.79 Å². The molecule has 1 amide bonds. The molecule has 6 nitrogen and oxygen atoms in total. The van der Waals surface area contributed by atoms with Gasteiger partial charge < -0.3 is 20.5 Å². The third kappa shape index (κ3) is 2.60. The first-order chi connectivity index (χ1) is 9.58. The smallest absolute Gasteiger partial charge is 0.328 e. The summed E-state index contributed by atoms with van der Waals surface area (Å²) in [5.41, 5.74) is 6.22. The number of rotatable bonds is 3. The average molecular weight is 278 g/mol. The molecule has 20 heavy (non-hydrogen) atoms. The number of likely N-dealkylation sites (tertiary alicyclic amines) is 1. The van der Waals surface area contributed by atoms with Gasteiger partial charge in [-0.25, -0.2) is 4.79 Å². The van der Waals surface area contributed by atoms with Gasteiger partial charge in [0.15, 0.2) is 0 Å². The number of methoxy groups -OCH3 is 1. The van der Waals surface area contributed by atoms with Crippen molar-refractivity contribution in [1.29, 1.82) is 0 Å². The normalized spacial score (nSPS) is 21.8. The maximum atomic E-state index is 12.0. The van der Waals surface area contributed by atoms with Crippen LogP contribution < -0.4 is 5.73 Å². The minimum Gasteiger partial charge on any atom is -0.508 e. The summed E-state index contributed by atoms with van der Waals surface area (Å²) in [5.74, 6) is -0.607. The molecule has 0 spiro atoms. The third-order valence-corrected chi connectivity index (χ3v) is 3.58. The van der Waals surface area contributed by atoms with Gasteiger partial charge in [0.2, 0.25) is 5.91 Å². The minimum atomic E-state index is -0.608. The Bertz CT molecular complexity index is 518. The molecular formula is C14H18N2O4. The monoisotopic (exact) mass is 278 g/mol. The molecule has 1 fully saturated rings. The van der Waals surface area contributed by atoms with Crippen LogP contribution in [0.2, 0.25) is 0 Å². The maximum Gasteiger partial charge on any atom is 0.328 e. The summed E-state index contributed by atoms with van der Waals surface area (Å²) in [4.78, 5) is 25.3. The van der Waals surface area contributed by atoms with Crippen LogP contribution >= 0.6 is 0 Å². The Labute approximate surface area is 117 Å². The van der Waals surface area contributed by atoms with Crippen LogP contribution in [0.1, 0.15) is 24.4 Å². The molecule has 0 unspecified atom stereocenters. The van der Waals surface area contributed by atoms with Gasteiger partial charge in [-0.1, -0.05) is 12.1 Å². The Balaban J connectivity index is 2.33. The highest BCUT2D eigenvalue weighted by Crippen LogP contribution is 2.37. The highest BCUT2D eigenvalue weighted by Gasteiger charge is 2.41. The van der Waals surface area contributed by atoms with E-state index >= 15 is 0 Å². The van der Waals surface area contributed by atoms with E-state index in [2.05, 4.69) is 0 Å². The lowest BCUT2D eigenvalue weighted by Crippen LogP contribution is -2.45. The molecule has 1 saturated heterocycles. The predicted molar refractivity (Wildman–Crippen MR) is 71.8 cm³/mol. The number of benzene rings is 1. The largest absolute Gasteiger partial charge is 0.508 e. The number of amides is 1. The number of aromatic hydroxyl groups is 1. The minimum absolute atomic E-state index is 0.129. The fourth-order valence-electron chi connectivity index (χ4n) is 2.69.